The van der Waals surface area contributed by atoms with E-state index in [1.165, 1.54) is 0 Å². The lowest BCUT2D eigenvalue weighted by Gasteiger charge is -2.13. The third-order valence-corrected chi connectivity index (χ3v) is 3.88. The highest BCUT2D eigenvalue weighted by atomic mass is 127. The van der Waals surface area contributed by atoms with Crippen LogP contribution < -0.4 is 9.47 Å². The van der Waals surface area contributed by atoms with Gasteiger partial charge in [0.15, 0.2) is 11.5 Å². The summed E-state index contributed by atoms with van der Waals surface area (Å²) < 4.78 is 16.7. The fraction of sp³-hybridized carbons (Fsp3) is 0.188. The summed E-state index contributed by atoms with van der Waals surface area (Å²) in [5.41, 5.74) is 1.32. The van der Waals surface area contributed by atoms with E-state index >= 15 is 0 Å². The van der Waals surface area contributed by atoms with Crippen LogP contribution in [0.1, 0.15) is 15.9 Å². The average molecular weight is 398 g/mol. The highest BCUT2D eigenvalue weighted by molar-refractivity contribution is 14.1. The molecule has 0 unspecified atom stereocenters. The molecule has 2 aromatic carbocycles. The number of rotatable bonds is 5. The molecule has 0 atom stereocenters. The summed E-state index contributed by atoms with van der Waals surface area (Å²) in [6.45, 7) is 0.129. The Morgan fingerprint density at radius 1 is 1.05 bits per heavy atom. The molecule has 0 aliphatic carbocycles. The van der Waals surface area contributed by atoms with Gasteiger partial charge in [0.2, 0.25) is 0 Å². The summed E-state index contributed by atoms with van der Waals surface area (Å²) in [6, 6.07) is 12.8. The molecule has 110 valence electrons. The molecule has 2 rings (SSSR count). The van der Waals surface area contributed by atoms with Gasteiger partial charge in [-0.1, -0.05) is 24.3 Å². The van der Waals surface area contributed by atoms with E-state index in [0.29, 0.717) is 17.1 Å². The minimum atomic E-state index is -0.357. The molecule has 0 bridgehead atoms. The van der Waals surface area contributed by atoms with Crippen molar-refractivity contribution in [3.05, 3.63) is 57.2 Å². The molecule has 0 aliphatic heterocycles. The second-order valence-corrected chi connectivity index (χ2v) is 5.37. The van der Waals surface area contributed by atoms with Gasteiger partial charge in [-0.25, -0.2) is 4.79 Å². The van der Waals surface area contributed by atoms with Crippen LogP contribution in [0.15, 0.2) is 42.5 Å². The van der Waals surface area contributed by atoms with E-state index in [9.17, 15) is 4.79 Å². The molecule has 5 heteroatoms. The quantitative estimate of drug-likeness (QED) is 0.570. The van der Waals surface area contributed by atoms with Gasteiger partial charge in [0.1, 0.15) is 6.61 Å². The molecule has 0 radical (unpaired) electrons. The van der Waals surface area contributed by atoms with Gasteiger partial charge in [0, 0.05) is 9.13 Å². The lowest BCUT2D eigenvalue weighted by Crippen LogP contribution is -2.08. The number of benzene rings is 2. The Morgan fingerprint density at radius 3 is 2.48 bits per heavy atom. The minimum absolute atomic E-state index is 0.129. The van der Waals surface area contributed by atoms with Crippen LogP contribution in [0.2, 0.25) is 0 Å². The Hall–Kier alpha value is -1.76. The van der Waals surface area contributed by atoms with E-state index in [-0.39, 0.29) is 12.6 Å². The van der Waals surface area contributed by atoms with Crippen molar-refractivity contribution in [2.45, 2.75) is 6.61 Å². The largest absolute Gasteiger partial charge is 0.493 e. The van der Waals surface area contributed by atoms with E-state index in [0.717, 1.165) is 9.13 Å². The number of esters is 1. The van der Waals surface area contributed by atoms with Crippen molar-refractivity contribution < 1.29 is 19.0 Å². The molecule has 0 amide bonds. The SMILES string of the molecule is COc1cccc(COC(=O)c2ccccc2I)c1OC. The molecule has 2 aromatic rings. The first-order chi connectivity index (χ1) is 10.2. The molecule has 0 spiro atoms. The zero-order chi connectivity index (χ0) is 15.2. The Labute approximate surface area is 137 Å². The molecular weight excluding hydrogens is 383 g/mol. The summed E-state index contributed by atoms with van der Waals surface area (Å²) in [4.78, 5) is 12.1. The maximum Gasteiger partial charge on any atom is 0.339 e. The van der Waals surface area contributed by atoms with Gasteiger partial charge < -0.3 is 14.2 Å². The van der Waals surface area contributed by atoms with Crippen LogP contribution in [-0.2, 0) is 11.3 Å². The number of hydrogen-bond acceptors (Lipinski definition) is 4. The Balaban J connectivity index is 2.14. The molecule has 0 heterocycles. The number of para-hydroxylation sites is 1. The number of hydrogen-bond donors (Lipinski definition) is 0. The molecule has 0 N–H and O–H groups in total. The third-order valence-electron chi connectivity index (χ3n) is 2.94. The molecular formula is C16H15IO4. The number of carbonyl (C=O) groups is 1. The highest BCUT2D eigenvalue weighted by Gasteiger charge is 2.14. The standard InChI is InChI=1S/C16H15IO4/c1-19-14-9-5-6-11(15(14)20-2)10-21-16(18)12-7-3-4-8-13(12)17/h3-9H,10H2,1-2H3. The normalized spacial score (nSPS) is 10.0. The zero-order valence-electron chi connectivity index (χ0n) is 11.8. The van der Waals surface area contributed by atoms with Crippen molar-refractivity contribution >= 4 is 28.6 Å². The van der Waals surface area contributed by atoms with Gasteiger partial charge in [-0.15, -0.1) is 0 Å². The van der Waals surface area contributed by atoms with Crippen molar-refractivity contribution in [3.63, 3.8) is 0 Å². The van der Waals surface area contributed by atoms with Crippen LogP contribution in [0.25, 0.3) is 0 Å². The summed E-state index contributed by atoms with van der Waals surface area (Å²) in [7, 11) is 3.13. The first kappa shape index (κ1) is 15.6. The summed E-state index contributed by atoms with van der Waals surface area (Å²) in [5.74, 6) is 0.834. The van der Waals surface area contributed by atoms with E-state index in [1.54, 1.807) is 26.4 Å². The van der Waals surface area contributed by atoms with E-state index < -0.39 is 0 Å². The van der Waals surface area contributed by atoms with Crippen LogP contribution in [-0.4, -0.2) is 20.2 Å². The predicted molar refractivity (Wildman–Crippen MR) is 87.8 cm³/mol. The van der Waals surface area contributed by atoms with Crippen LogP contribution in [0.5, 0.6) is 11.5 Å². The second kappa shape index (κ2) is 7.31. The van der Waals surface area contributed by atoms with Crippen LogP contribution in [0.4, 0.5) is 0 Å². The molecule has 21 heavy (non-hydrogen) atoms. The third kappa shape index (κ3) is 3.66. The van der Waals surface area contributed by atoms with Gasteiger partial charge in [-0.05, 0) is 40.8 Å². The topological polar surface area (TPSA) is 44.8 Å². The maximum atomic E-state index is 12.1. The number of carbonyl (C=O) groups excluding carboxylic acids is 1. The van der Waals surface area contributed by atoms with Gasteiger partial charge in [-0.3, -0.25) is 0 Å². The molecule has 0 saturated carbocycles. The van der Waals surface area contributed by atoms with Gasteiger partial charge in [0.25, 0.3) is 0 Å². The molecule has 0 aromatic heterocycles. The highest BCUT2D eigenvalue weighted by Crippen LogP contribution is 2.31. The van der Waals surface area contributed by atoms with Crippen molar-refractivity contribution in [1.29, 1.82) is 0 Å². The molecule has 4 nitrogen and oxygen atoms in total. The maximum absolute atomic E-state index is 12.1. The van der Waals surface area contributed by atoms with Crippen LogP contribution >= 0.6 is 22.6 Å². The fourth-order valence-electron chi connectivity index (χ4n) is 1.92. The van der Waals surface area contributed by atoms with Gasteiger partial charge in [-0.2, -0.15) is 0 Å². The first-order valence-corrected chi connectivity index (χ1v) is 7.36. The van der Waals surface area contributed by atoms with Crippen LogP contribution in [0, 0.1) is 3.57 Å². The second-order valence-electron chi connectivity index (χ2n) is 4.21. The lowest BCUT2D eigenvalue weighted by atomic mass is 10.2. The Morgan fingerprint density at radius 2 is 1.81 bits per heavy atom. The predicted octanol–water partition coefficient (Wildman–Crippen LogP) is 3.67. The van der Waals surface area contributed by atoms with E-state index in [2.05, 4.69) is 22.6 Å². The Bertz CT molecular complexity index is 640. The summed E-state index contributed by atoms with van der Waals surface area (Å²) in [6.07, 6.45) is 0. The average Bonchev–Trinajstić information content (AvgIpc) is 2.52. The number of methoxy groups -OCH3 is 2. The minimum Gasteiger partial charge on any atom is -0.493 e. The van der Waals surface area contributed by atoms with Crippen molar-refractivity contribution in [2.24, 2.45) is 0 Å². The smallest absolute Gasteiger partial charge is 0.339 e. The van der Waals surface area contributed by atoms with Gasteiger partial charge in [0.05, 0.1) is 19.8 Å². The summed E-state index contributed by atoms with van der Waals surface area (Å²) >= 11 is 2.11. The number of halogens is 1. The molecule has 0 aliphatic rings. The van der Waals surface area contributed by atoms with Crippen LogP contribution in [0.3, 0.4) is 0 Å². The molecule has 0 saturated heterocycles. The zero-order valence-corrected chi connectivity index (χ0v) is 13.9. The van der Waals surface area contributed by atoms with E-state index in [4.69, 9.17) is 14.2 Å². The van der Waals surface area contributed by atoms with Gasteiger partial charge >= 0.3 is 5.97 Å². The molecule has 0 fully saturated rings. The lowest BCUT2D eigenvalue weighted by molar-refractivity contribution is 0.0468. The van der Waals surface area contributed by atoms with Crippen molar-refractivity contribution in [3.8, 4) is 11.5 Å². The fourth-order valence-corrected chi connectivity index (χ4v) is 2.52. The Kier molecular flexibility index (Phi) is 5.44. The monoisotopic (exact) mass is 398 g/mol. The van der Waals surface area contributed by atoms with Crippen molar-refractivity contribution in [1.82, 2.24) is 0 Å². The van der Waals surface area contributed by atoms with Crippen molar-refractivity contribution in [2.75, 3.05) is 14.2 Å². The van der Waals surface area contributed by atoms with E-state index in [1.807, 2.05) is 30.3 Å². The number of ether oxygens (including phenoxy) is 3. The summed E-state index contributed by atoms with van der Waals surface area (Å²) in [5, 5.41) is 0. The first-order valence-electron chi connectivity index (χ1n) is 6.29.